The standard InChI is InChI=1S/C23H42OS/c1-2-3-4-5-6-7-8-9-10-11-12-13-14-16-21-19-22-17-15-18-23(20-21)25(22)24/h19,22-23H,2-18,20H2,1H3. The van der Waals surface area contributed by atoms with Crippen molar-refractivity contribution in [3.05, 3.63) is 11.6 Å². The summed E-state index contributed by atoms with van der Waals surface area (Å²) in [5.41, 5.74) is 1.64. The van der Waals surface area contributed by atoms with E-state index in [1.807, 2.05) is 0 Å². The Hall–Kier alpha value is -0.110. The van der Waals surface area contributed by atoms with Crippen LogP contribution in [0.3, 0.4) is 0 Å². The minimum atomic E-state index is -0.551. The number of unbranched alkanes of at least 4 members (excludes halogenated alkanes) is 12. The van der Waals surface area contributed by atoms with Gasteiger partial charge in [0, 0.05) is 16.0 Å². The summed E-state index contributed by atoms with van der Waals surface area (Å²) in [7, 11) is -0.551. The molecule has 0 aromatic heterocycles. The molecule has 0 saturated carbocycles. The van der Waals surface area contributed by atoms with Gasteiger partial charge in [-0.25, -0.2) is 0 Å². The van der Waals surface area contributed by atoms with Crippen LogP contribution >= 0.6 is 0 Å². The fourth-order valence-corrected chi connectivity index (χ4v) is 6.54. The molecule has 1 saturated heterocycles. The van der Waals surface area contributed by atoms with E-state index in [0.29, 0.717) is 10.5 Å². The van der Waals surface area contributed by atoms with Gasteiger partial charge in [-0.3, -0.25) is 4.21 Å². The van der Waals surface area contributed by atoms with E-state index in [2.05, 4.69) is 13.0 Å². The molecular weight excluding hydrogens is 324 g/mol. The highest BCUT2D eigenvalue weighted by Gasteiger charge is 2.32. The summed E-state index contributed by atoms with van der Waals surface area (Å²) in [5.74, 6) is 0. The molecule has 146 valence electrons. The number of rotatable bonds is 14. The van der Waals surface area contributed by atoms with Gasteiger partial charge in [0.15, 0.2) is 0 Å². The molecule has 2 heterocycles. The third kappa shape index (κ3) is 8.41. The maximum atomic E-state index is 12.2. The molecule has 2 aliphatic rings. The topological polar surface area (TPSA) is 17.1 Å². The second-order valence-electron chi connectivity index (χ2n) is 8.44. The lowest BCUT2D eigenvalue weighted by Crippen LogP contribution is -2.33. The van der Waals surface area contributed by atoms with Crippen molar-refractivity contribution in [2.24, 2.45) is 0 Å². The van der Waals surface area contributed by atoms with Crippen LogP contribution in [0.1, 0.15) is 122 Å². The first-order valence-corrected chi connectivity index (χ1v) is 12.7. The van der Waals surface area contributed by atoms with Crippen LogP contribution in [0.25, 0.3) is 0 Å². The van der Waals surface area contributed by atoms with E-state index < -0.39 is 10.8 Å². The van der Waals surface area contributed by atoms with Crippen LogP contribution in [0.5, 0.6) is 0 Å². The lowest BCUT2D eigenvalue weighted by Gasteiger charge is -2.32. The van der Waals surface area contributed by atoms with Crippen LogP contribution in [-0.4, -0.2) is 14.7 Å². The maximum absolute atomic E-state index is 12.2. The molecule has 0 aromatic rings. The summed E-state index contributed by atoms with van der Waals surface area (Å²) in [6, 6.07) is 0. The fraction of sp³-hybridized carbons (Fsp3) is 0.913. The first-order chi connectivity index (χ1) is 12.3. The van der Waals surface area contributed by atoms with Crippen LogP contribution < -0.4 is 0 Å². The normalized spacial score (nSPS) is 25.8. The third-order valence-electron chi connectivity index (χ3n) is 6.15. The van der Waals surface area contributed by atoms with E-state index in [9.17, 15) is 4.21 Å². The highest BCUT2D eigenvalue weighted by Crippen LogP contribution is 2.34. The van der Waals surface area contributed by atoms with Crippen LogP contribution in [0.15, 0.2) is 11.6 Å². The average Bonchev–Trinajstić information content (AvgIpc) is 2.59. The first-order valence-electron chi connectivity index (χ1n) is 11.4. The molecule has 1 nitrogen and oxygen atoms in total. The zero-order valence-corrected chi connectivity index (χ0v) is 17.6. The van der Waals surface area contributed by atoms with Gasteiger partial charge >= 0.3 is 0 Å². The van der Waals surface area contributed by atoms with E-state index in [0.717, 1.165) is 6.42 Å². The van der Waals surface area contributed by atoms with Gasteiger partial charge in [-0.2, -0.15) is 0 Å². The van der Waals surface area contributed by atoms with Gasteiger partial charge in [-0.05, 0) is 32.1 Å². The van der Waals surface area contributed by atoms with Crippen molar-refractivity contribution in [3.8, 4) is 0 Å². The molecule has 0 aromatic carbocycles. The lowest BCUT2D eigenvalue weighted by atomic mass is 9.94. The van der Waals surface area contributed by atoms with E-state index in [1.54, 1.807) is 5.57 Å². The van der Waals surface area contributed by atoms with E-state index in [-0.39, 0.29) is 0 Å². The van der Waals surface area contributed by atoms with Gasteiger partial charge in [0.1, 0.15) is 0 Å². The molecule has 0 aliphatic carbocycles. The zero-order valence-electron chi connectivity index (χ0n) is 16.8. The highest BCUT2D eigenvalue weighted by molar-refractivity contribution is 7.86. The van der Waals surface area contributed by atoms with Crippen molar-refractivity contribution < 1.29 is 4.21 Å². The van der Waals surface area contributed by atoms with Gasteiger partial charge in [0.25, 0.3) is 0 Å². The van der Waals surface area contributed by atoms with Gasteiger partial charge in [0.05, 0.1) is 5.25 Å². The molecule has 3 atom stereocenters. The zero-order chi connectivity index (χ0) is 17.7. The quantitative estimate of drug-likeness (QED) is 0.230. The molecule has 0 amide bonds. The smallest absolute Gasteiger partial charge is 0.0533 e. The van der Waals surface area contributed by atoms with Gasteiger partial charge < -0.3 is 0 Å². The predicted molar refractivity (Wildman–Crippen MR) is 113 cm³/mol. The number of hydrogen-bond acceptors (Lipinski definition) is 1. The molecular formula is C23H42OS. The van der Waals surface area contributed by atoms with E-state index in [4.69, 9.17) is 0 Å². The second-order valence-corrected chi connectivity index (χ2v) is 10.4. The van der Waals surface area contributed by atoms with Crippen LogP contribution in [0.2, 0.25) is 0 Å². The Morgan fingerprint density at radius 3 is 1.96 bits per heavy atom. The summed E-state index contributed by atoms with van der Waals surface area (Å²) in [6.45, 7) is 2.29. The molecule has 2 heteroatoms. The number of fused-ring (bicyclic) bond motifs is 2. The average molecular weight is 367 g/mol. The summed E-state index contributed by atoms with van der Waals surface area (Å²) >= 11 is 0. The van der Waals surface area contributed by atoms with Crippen LogP contribution in [0, 0.1) is 0 Å². The van der Waals surface area contributed by atoms with Crippen molar-refractivity contribution in [1.29, 1.82) is 0 Å². The monoisotopic (exact) mass is 366 g/mol. The van der Waals surface area contributed by atoms with Crippen molar-refractivity contribution in [2.45, 2.75) is 133 Å². The Kier molecular flexibility index (Phi) is 11.1. The van der Waals surface area contributed by atoms with Gasteiger partial charge in [-0.15, -0.1) is 0 Å². The number of hydrogen-bond donors (Lipinski definition) is 0. The Bertz CT molecular complexity index is 401. The molecule has 0 radical (unpaired) electrons. The minimum Gasteiger partial charge on any atom is -0.259 e. The molecule has 0 N–H and O–H groups in total. The second kappa shape index (κ2) is 13.1. The molecule has 1 fully saturated rings. The SMILES string of the molecule is CCCCCCCCCCCCCCCC1=CC2CCCC(C1)S2=O. The molecule has 2 rings (SSSR count). The molecule has 2 aliphatic heterocycles. The summed E-state index contributed by atoms with van der Waals surface area (Å²) in [5, 5.41) is 0.908. The lowest BCUT2D eigenvalue weighted by molar-refractivity contribution is 0.532. The Morgan fingerprint density at radius 1 is 0.840 bits per heavy atom. The Balaban J connectivity index is 1.39. The fourth-order valence-electron chi connectivity index (χ4n) is 4.54. The van der Waals surface area contributed by atoms with Gasteiger partial charge in [0.2, 0.25) is 0 Å². The van der Waals surface area contributed by atoms with Crippen molar-refractivity contribution >= 4 is 10.8 Å². The van der Waals surface area contributed by atoms with Crippen molar-refractivity contribution in [3.63, 3.8) is 0 Å². The first kappa shape index (κ1) is 21.2. The van der Waals surface area contributed by atoms with E-state index in [1.165, 1.54) is 109 Å². The Labute approximate surface area is 159 Å². The van der Waals surface area contributed by atoms with Gasteiger partial charge in [-0.1, -0.05) is 102 Å². The molecule has 2 bridgehead atoms. The molecule has 25 heavy (non-hydrogen) atoms. The molecule has 3 unspecified atom stereocenters. The Morgan fingerprint density at radius 2 is 1.40 bits per heavy atom. The largest absolute Gasteiger partial charge is 0.259 e. The van der Waals surface area contributed by atoms with Crippen LogP contribution in [0.4, 0.5) is 0 Å². The van der Waals surface area contributed by atoms with Crippen molar-refractivity contribution in [2.75, 3.05) is 0 Å². The van der Waals surface area contributed by atoms with E-state index >= 15 is 0 Å². The summed E-state index contributed by atoms with van der Waals surface area (Å²) < 4.78 is 12.2. The maximum Gasteiger partial charge on any atom is 0.0533 e. The summed E-state index contributed by atoms with van der Waals surface area (Å²) in [6.07, 6.45) is 27.1. The predicted octanol–water partition coefficient (Wildman–Crippen LogP) is 7.47. The highest BCUT2D eigenvalue weighted by atomic mass is 32.2. The minimum absolute atomic E-state index is 0.407. The van der Waals surface area contributed by atoms with Crippen molar-refractivity contribution in [1.82, 2.24) is 0 Å². The van der Waals surface area contributed by atoms with Crippen LogP contribution in [-0.2, 0) is 10.8 Å². The molecule has 0 spiro atoms. The number of allylic oxidation sites excluding steroid dienone is 1. The summed E-state index contributed by atoms with van der Waals surface area (Å²) in [4.78, 5) is 0. The third-order valence-corrected chi connectivity index (χ3v) is 8.18.